The predicted molar refractivity (Wildman–Crippen MR) is 42.3 cm³/mol. The molecular formula is C8H18BrN. The SMILES string of the molecule is C=CC[N+](C)(CC)CC.[Br-]. The largest absolute Gasteiger partial charge is 1.00 e. The lowest BCUT2D eigenvalue weighted by Crippen LogP contribution is -3.00. The van der Waals surface area contributed by atoms with Crippen LogP contribution in [0.3, 0.4) is 0 Å². The second kappa shape index (κ2) is 5.93. The Morgan fingerprint density at radius 1 is 1.30 bits per heavy atom. The van der Waals surface area contributed by atoms with Gasteiger partial charge in [0.05, 0.1) is 26.7 Å². The fourth-order valence-electron chi connectivity index (χ4n) is 0.793. The molecule has 62 valence electrons. The molecule has 0 amide bonds. The summed E-state index contributed by atoms with van der Waals surface area (Å²) < 4.78 is 1.11. The van der Waals surface area contributed by atoms with Gasteiger partial charge in [0.15, 0.2) is 0 Å². The minimum atomic E-state index is 0. The van der Waals surface area contributed by atoms with Gasteiger partial charge in [0.2, 0.25) is 0 Å². The van der Waals surface area contributed by atoms with E-state index >= 15 is 0 Å². The third-order valence-corrected chi connectivity index (χ3v) is 2.10. The predicted octanol–water partition coefficient (Wildman–Crippen LogP) is -1.34. The van der Waals surface area contributed by atoms with Crippen molar-refractivity contribution in [3.63, 3.8) is 0 Å². The Morgan fingerprint density at radius 2 is 1.70 bits per heavy atom. The molecule has 0 bridgehead atoms. The van der Waals surface area contributed by atoms with Crippen LogP contribution in [0.1, 0.15) is 13.8 Å². The number of hydrogen-bond donors (Lipinski definition) is 0. The summed E-state index contributed by atoms with van der Waals surface area (Å²) >= 11 is 0. The van der Waals surface area contributed by atoms with Gasteiger partial charge >= 0.3 is 0 Å². The van der Waals surface area contributed by atoms with Crippen LogP contribution in [0.2, 0.25) is 0 Å². The fourth-order valence-corrected chi connectivity index (χ4v) is 0.793. The van der Waals surface area contributed by atoms with Gasteiger partial charge in [0.25, 0.3) is 0 Å². The zero-order chi connectivity index (χ0) is 7.33. The number of hydrogen-bond acceptors (Lipinski definition) is 0. The van der Waals surface area contributed by atoms with Crippen LogP contribution in [0.4, 0.5) is 0 Å². The lowest BCUT2D eigenvalue weighted by Gasteiger charge is -2.30. The Labute approximate surface area is 75.1 Å². The van der Waals surface area contributed by atoms with E-state index in [0.717, 1.165) is 11.0 Å². The second-order valence-corrected chi connectivity index (χ2v) is 2.72. The highest BCUT2D eigenvalue weighted by Gasteiger charge is 2.12. The van der Waals surface area contributed by atoms with Gasteiger partial charge in [0, 0.05) is 0 Å². The van der Waals surface area contributed by atoms with Gasteiger partial charge in [-0.1, -0.05) is 6.58 Å². The fraction of sp³-hybridized carbons (Fsp3) is 0.750. The Bertz CT molecular complexity index is 87.3. The summed E-state index contributed by atoms with van der Waals surface area (Å²) in [6, 6.07) is 0. The zero-order valence-electron chi connectivity index (χ0n) is 7.23. The van der Waals surface area contributed by atoms with Crippen LogP contribution in [0.5, 0.6) is 0 Å². The highest BCUT2D eigenvalue weighted by molar-refractivity contribution is 4.64. The average Bonchev–Trinajstić information content (AvgIpc) is 1.89. The van der Waals surface area contributed by atoms with Gasteiger partial charge in [-0.25, -0.2) is 0 Å². The van der Waals surface area contributed by atoms with Gasteiger partial charge in [0.1, 0.15) is 0 Å². The molecule has 0 radical (unpaired) electrons. The molecule has 0 aliphatic carbocycles. The van der Waals surface area contributed by atoms with Gasteiger partial charge in [-0.05, 0) is 19.9 Å². The molecule has 0 fully saturated rings. The molecule has 0 spiro atoms. The number of likely N-dealkylation sites (N-methyl/N-ethyl adjacent to an activating group) is 1. The number of rotatable bonds is 4. The Morgan fingerprint density at radius 3 is 1.80 bits per heavy atom. The summed E-state index contributed by atoms with van der Waals surface area (Å²) in [4.78, 5) is 0. The first-order chi connectivity index (χ1) is 4.18. The van der Waals surface area contributed by atoms with Crippen molar-refractivity contribution in [2.24, 2.45) is 0 Å². The third-order valence-electron chi connectivity index (χ3n) is 2.10. The summed E-state index contributed by atoms with van der Waals surface area (Å²) in [5.41, 5.74) is 0. The van der Waals surface area contributed by atoms with E-state index in [1.807, 2.05) is 6.08 Å². The van der Waals surface area contributed by atoms with Crippen LogP contribution < -0.4 is 17.0 Å². The Balaban J connectivity index is 0. The van der Waals surface area contributed by atoms with Crippen LogP contribution in [0.25, 0.3) is 0 Å². The molecule has 0 aromatic carbocycles. The molecule has 0 saturated carbocycles. The molecular weight excluding hydrogens is 190 g/mol. The first-order valence-electron chi connectivity index (χ1n) is 3.63. The van der Waals surface area contributed by atoms with E-state index in [4.69, 9.17) is 0 Å². The maximum atomic E-state index is 3.73. The first kappa shape index (κ1) is 12.8. The van der Waals surface area contributed by atoms with Crippen LogP contribution in [0.15, 0.2) is 12.7 Å². The van der Waals surface area contributed by atoms with Gasteiger partial charge in [-0.3, -0.25) is 0 Å². The molecule has 0 aromatic heterocycles. The highest BCUT2D eigenvalue weighted by atomic mass is 79.9. The van der Waals surface area contributed by atoms with E-state index in [-0.39, 0.29) is 17.0 Å². The molecule has 0 unspecified atom stereocenters. The monoisotopic (exact) mass is 207 g/mol. The third kappa shape index (κ3) is 4.07. The van der Waals surface area contributed by atoms with Crippen molar-refractivity contribution < 1.29 is 21.5 Å². The normalized spacial score (nSPS) is 10.3. The van der Waals surface area contributed by atoms with Crippen molar-refractivity contribution in [3.8, 4) is 0 Å². The molecule has 0 N–H and O–H groups in total. The molecule has 0 rings (SSSR count). The van der Waals surface area contributed by atoms with Crippen molar-refractivity contribution in [1.82, 2.24) is 0 Å². The average molecular weight is 208 g/mol. The van der Waals surface area contributed by atoms with Crippen LogP contribution in [0, 0.1) is 0 Å². The topological polar surface area (TPSA) is 0 Å². The minimum absolute atomic E-state index is 0. The summed E-state index contributed by atoms with van der Waals surface area (Å²) in [5.74, 6) is 0. The van der Waals surface area contributed by atoms with E-state index in [1.165, 1.54) is 13.1 Å². The summed E-state index contributed by atoms with van der Waals surface area (Å²) in [7, 11) is 2.25. The van der Waals surface area contributed by atoms with Crippen molar-refractivity contribution in [2.75, 3.05) is 26.7 Å². The summed E-state index contributed by atoms with van der Waals surface area (Å²) in [5, 5.41) is 0. The maximum Gasteiger partial charge on any atom is 0.0968 e. The van der Waals surface area contributed by atoms with Gasteiger partial charge in [-0.15, -0.1) is 0 Å². The van der Waals surface area contributed by atoms with E-state index in [2.05, 4.69) is 27.5 Å². The van der Waals surface area contributed by atoms with Crippen molar-refractivity contribution in [2.45, 2.75) is 13.8 Å². The first-order valence-corrected chi connectivity index (χ1v) is 3.63. The molecule has 0 atom stereocenters. The van der Waals surface area contributed by atoms with Crippen molar-refractivity contribution >= 4 is 0 Å². The molecule has 0 aliphatic rings. The number of quaternary nitrogens is 1. The lowest BCUT2D eigenvalue weighted by molar-refractivity contribution is -0.900. The summed E-state index contributed by atoms with van der Waals surface area (Å²) in [6.45, 7) is 11.6. The number of nitrogens with zero attached hydrogens (tertiary/aromatic N) is 1. The molecule has 0 aromatic rings. The van der Waals surface area contributed by atoms with Crippen molar-refractivity contribution in [3.05, 3.63) is 12.7 Å². The van der Waals surface area contributed by atoms with E-state index in [9.17, 15) is 0 Å². The standard InChI is InChI=1S/C8H18N.BrH/c1-5-8-9(4,6-2)7-3;/h5H,1,6-8H2,2-4H3;1H/q+1;/p-1. The molecule has 2 heteroatoms. The quantitative estimate of drug-likeness (QED) is 0.396. The van der Waals surface area contributed by atoms with E-state index < -0.39 is 0 Å². The molecule has 0 saturated heterocycles. The van der Waals surface area contributed by atoms with E-state index in [1.54, 1.807) is 0 Å². The Kier molecular flexibility index (Phi) is 7.60. The molecule has 10 heavy (non-hydrogen) atoms. The lowest BCUT2D eigenvalue weighted by atomic mass is 10.4. The van der Waals surface area contributed by atoms with Crippen molar-refractivity contribution in [1.29, 1.82) is 0 Å². The maximum absolute atomic E-state index is 3.73. The molecule has 0 heterocycles. The molecule has 0 aliphatic heterocycles. The zero-order valence-corrected chi connectivity index (χ0v) is 8.82. The van der Waals surface area contributed by atoms with Crippen LogP contribution >= 0.6 is 0 Å². The smallest absolute Gasteiger partial charge is 0.0968 e. The highest BCUT2D eigenvalue weighted by Crippen LogP contribution is 1.99. The molecule has 1 nitrogen and oxygen atoms in total. The Hall–Kier alpha value is 0.180. The van der Waals surface area contributed by atoms with E-state index in [0.29, 0.717) is 0 Å². The number of halogens is 1. The summed E-state index contributed by atoms with van der Waals surface area (Å²) in [6.07, 6.45) is 1.99. The second-order valence-electron chi connectivity index (χ2n) is 2.72. The van der Waals surface area contributed by atoms with Crippen LogP contribution in [-0.2, 0) is 0 Å². The minimum Gasteiger partial charge on any atom is -1.00 e. The van der Waals surface area contributed by atoms with Gasteiger partial charge in [-0.2, -0.15) is 0 Å². The van der Waals surface area contributed by atoms with Crippen LogP contribution in [-0.4, -0.2) is 31.2 Å². The van der Waals surface area contributed by atoms with Gasteiger partial charge < -0.3 is 21.5 Å².